The van der Waals surface area contributed by atoms with Crippen LogP contribution in [0.3, 0.4) is 0 Å². The molecule has 1 unspecified atom stereocenters. The van der Waals surface area contributed by atoms with E-state index in [9.17, 15) is 15.2 Å². The largest absolute Gasteiger partial charge is 0.385 e. The van der Waals surface area contributed by atoms with Crippen molar-refractivity contribution in [2.45, 2.75) is 44.6 Å². The minimum absolute atomic E-state index is 0.192. The first kappa shape index (κ1) is 10.7. The molecule has 0 bridgehead atoms. The SMILES string of the molecule is CC1(O)CCc2cc3c(c([N+](=O)[O-])c21)CCC3. The van der Waals surface area contributed by atoms with Crippen LogP contribution in [0.2, 0.25) is 0 Å². The third-order valence-electron chi connectivity index (χ3n) is 4.06. The summed E-state index contributed by atoms with van der Waals surface area (Å²) >= 11 is 0. The monoisotopic (exact) mass is 233 g/mol. The summed E-state index contributed by atoms with van der Waals surface area (Å²) in [6.07, 6.45) is 4.03. The van der Waals surface area contributed by atoms with Crippen LogP contribution in [-0.2, 0) is 24.9 Å². The number of aliphatic hydroxyl groups is 1. The zero-order valence-electron chi connectivity index (χ0n) is 9.82. The summed E-state index contributed by atoms with van der Waals surface area (Å²) in [6, 6.07) is 2.08. The highest BCUT2D eigenvalue weighted by Crippen LogP contribution is 2.46. The molecule has 0 amide bonds. The van der Waals surface area contributed by atoms with Gasteiger partial charge in [0.1, 0.15) is 0 Å². The van der Waals surface area contributed by atoms with E-state index in [-0.39, 0.29) is 10.6 Å². The molecule has 2 aliphatic carbocycles. The van der Waals surface area contributed by atoms with Gasteiger partial charge in [0.2, 0.25) is 0 Å². The Bertz CT molecular complexity index is 520. The molecular weight excluding hydrogens is 218 g/mol. The number of nitro groups is 1. The maximum absolute atomic E-state index is 11.3. The maximum Gasteiger partial charge on any atom is 0.279 e. The second kappa shape index (κ2) is 3.29. The predicted molar refractivity (Wildman–Crippen MR) is 63.0 cm³/mol. The van der Waals surface area contributed by atoms with E-state index in [4.69, 9.17) is 0 Å². The fraction of sp³-hybridized carbons (Fsp3) is 0.538. The van der Waals surface area contributed by atoms with Crippen molar-refractivity contribution in [2.24, 2.45) is 0 Å². The molecule has 1 atom stereocenters. The maximum atomic E-state index is 11.3. The van der Waals surface area contributed by atoms with E-state index in [0.29, 0.717) is 12.0 Å². The van der Waals surface area contributed by atoms with E-state index < -0.39 is 5.60 Å². The van der Waals surface area contributed by atoms with Crippen molar-refractivity contribution >= 4 is 5.69 Å². The molecular formula is C13H15NO3. The Labute approximate surface area is 99.4 Å². The number of fused-ring (bicyclic) bond motifs is 2. The van der Waals surface area contributed by atoms with Gasteiger partial charge in [-0.3, -0.25) is 10.1 Å². The van der Waals surface area contributed by atoms with Crippen molar-refractivity contribution in [3.05, 3.63) is 38.4 Å². The van der Waals surface area contributed by atoms with Crippen LogP contribution in [0.25, 0.3) is 0 Å². The average molecular weight is 233 g/mol. The van der Waals surface area contributed by atoms with Gasteiger partial charge < -0.3 is 5.11 Å². The smallest absolute Gasteiger partial charge is 0.279 e. The van der Waals surface area contributed by atoms with Crippen molar-refractivity contribution in [2.75, 3.05) is 0 Å². The molecule has 1 aromatic rings. The van der Waals surface area contributed by atoms with Crippen molar-refractivity contribution < 1.29 is 10.0 Å². The van der Waals surface area contributed by atoms with Gasteiger partial charge in [-0.05, 0) is 50.2 Å². The zero-order valence-corrected chi connectivity index (χ0v) is 9.82. The molecule has 4 heteroatoms. The minimum Gasteiger partial charge on any atom is -0.385 e. The molecule has 4 nitrogen and oxygen atoms in total. The number of rotatable bonds is 1. The van der Waals surface area contributed by atoms with E-state index in [2.05, 4.69) is 6.07 Å². The fourth-order valence-corrected chi connectivity index (χ4v) is 3.28. The minimum atomic E-state index is -1.03. The van der Waals surface area contributed by atoms with Crippen LogP contribution in [-0.4, -0.2) is 10.0 Å². The molecule has 90 valence electrons. The number of nitrogens with zero attached hydrogens (tertiary/aromatic N) is 1. The quantitative estimate of drug-likeness (QED) is 0.597. The van der Waals surface area contributed by atoms with Gasteiger partial charge in [0, 0.05) is 5.56 Å². The Morgan fingerprint density at radius 3 is 2.82 bits per heavy atom. The van der Waals surface area contributed by atoms with Gasteiger partial charge in [0.15, 0.2) is 0 Å². The molecule has 0 saturated carbocycles. The molecule has 17 heavy (non-hydrogen) atoms. The number of hydrogen-bond donors (Lipinski definition) is 1. The van der Waals surface area contributed by atoms with E-state index in [1.165, 1.54) is 0 Å². The molecule has 3 rings (SSSR count). The molecule has 0 aliphatic heterocycles. The lowest BCUT2D eigenvalue weighted by Crippen LogP contribution is -2.19. The van der Waals surface area contributed by atoms with Crippen molar-refractivity contribution in [1.82, 2.24) is 0 Å². The Morgan fingerprint density at radius 1 is 1.35 bits per heavy atom. The lowest BCUT2D eigenvalue weighted by Gasteiger charge is -2.18. The summed E-state index contributed by atoms with van der Waals surface area (Å²) in [7, 11) is 0. The molecule has 2 aliphatic rings. The van der Waals surface area contributed by atoms with Gasteiger partial charge >= 0.3 is 0 Å². The Balaban J connectivity index is 2.34. The van der Waals surface area contributed by atoms with Crippen LogP contribution in [0.4, 0.5) is 5.69 Å². The standard InChI is InChI=1S/C13H15NO3/c1-13(15)6-5-9-7-8-3-2-4-10(8)12(11(9)13)14(16)17/h7,15H,2-6H2,1H3. The highest BCUT2D eigenvalue weighted by molar-refractivity contribution is 5.61. The summed E-state index contributed by atoms with van der Waals surface area (Å²) in [6.45, 7) is 1.69. The van der Waals surface area contributed by atoms with Crippen LogP contribution in [0, 0.1) is 10.1 Å². The third-order valence-corrected chi connectivity index (χ3v) is 4.06. The van der Waals surface area contributed by atoms with E-state index in [0.717, 1.165) is 42.4 Å². The first-order valence-electron chi connectivity index (χ1n) is 6.05. The fourth-order valence-electron chi connectivity index (χ4n) is 3.28. The second-order valence-electron chi connectivity index (χ2n) is 5.28. The normalized spacial score (nSPS) is 25.8. The van der Waals surface area contributed by atoms with Crippen molar-refractivity contribution in [1.29, 1.82) is 0 Å². The summed E-state index contributed by atoms with van der Waals surface area (Å²) < 4.78 is 0. The van der Waals surface area contributed by atoms with Gasteiger partial charge in [0.25, 0.3) is 5.69 Å². The third kappa shape index (κ3) is 1.40. The van der Waals surface area contributed by atoms with Gasteiger partial charge in [-0.2, -0.15) is 0 Å². The highest BCUT2D eigenvalue weighted by atomic mass is 16.6. The first-order chi connectivity index (χ1) is 8.00. The highest BCUT2D eigenvalue weighted by Gasteiger charge is 2.41. The molecule has 0 heterocycles. The van der Waals surface area contributed by atoms with Crippen LogP contribution in [0.15, 0.2) is 6.07 Å². The van der Waals surface area contributed by atoms with Gasteiger partial charge in [-0.15, -0.1) is 0 Å². The molecule has 1 aromatic carbocycles. The molecule has 0 saturated heterocycles. The van der Waals surface area contributed by atoms with Crippen LogP contribution < -0.4 is 0 Å². The zero-order chi connectivity index (χ0) is 12.2. The molecule has 0 spiro atoms. The number of aryl methyl sites for hydroxylation is 2. The van der Waals surface area contributed by atoms with E-state index in [1.807, 2.05) is 0 Å². The Morgan fingerprint density at radius 2 is 2.12 bits per heavy atom. The van der Waals surface area contributed by atoms with Crippen LogP contribution in [0.5, 0.6) is 0 Å². The Kier molecular flexibility index (Phi) is 2.08. The number of nitro benzene ring substituents is 1. The van der Waals surface area contributed by atoms with E-state index in [1.54, 1.807) is 6.92 Å². The molecule has 0 aromatic heterocycles. The number of hydrogen-bond acceptors (Lipinski definition) is 3. The summed E-state index contributed by atoms with van der Waals surface area (Å²) in [4.78, 5) is 11.0. The van der Waals surface area contributed by atoms with E-state index >= 15 is 0 Å². The molecule has 0 fully saturated rings. The first-order valence-corrected chi connectivity index (χ1v) is 6.05. The molecule has 0 radical (unpaired) electrons. The van der Waals surface area contributed by atoms with Crippen molar-refractivity contribution in [3.63, 3.8) is 0 Å². The second-order valence-corrected chi connectivity index (χ2v) is 5.28. The average Bonchev–Trinajstić information content (AvgIpc) is 2.80. The summed E-state index contributed by atoms with van der Waals surface area (Å²) in [5.74, 6) is 0. The van der Waals surface area contributed by atoms with Crippen molar-refractivity contribution in [3.8, 4) is 0 Å². The summed E-state index contributed by atoms with van der Waals surface area (Å²) in [5, 5.41) is 21.6. The Hall–Kier alpha value is -1.42. The lowest BCUT2D eigenvalue weighted by atomic mass is 9.92. The van der Waals surface area contributed by atoms with Crippen LogP contribution >= 0.6 is 0 Å². The summed E-state index contributed by atoms with van der Waals surface area (Å²) in [5.41, 5.74) is 2.68. The predicted octanol–water partition coefficient (Wildman–Crippen LogP) is 2.24. The molecule has 1 N–H and O–H groups in total. The van der Waals surface area contributed by atoms with Gasteiger partial charge in [-0.25, -0.2) is 0 Å². The van der Waals surface area contributed by atoms with Crippen LogP contribution in [0.1, 0.15) is 42.0 Å². The van der Waals surface area contributed by atoms with Gasteiger partial charge in [-0.1, -0.05) is 6.07 Å². The van der Waals surface area contributed by atoms with Gasteiger partial charge in [0.05, 0.1) is 16.1 Å². The lowest BCUT2D eigenvalue weighted by molar-refractivity contribution is -0.387. The number of benzene rings is 1. The topological polar surface area (TPSA) is 63.4 Å².